The Labute approximate surface area is 154 Å². The van der Waals surface area contributed by atoms with Crippen LogP contribution in [0.4, 0.5) is 0 Å². The molecule has 0 bridgehead atoms. The predicted molar refractivity (Wildman–Crippen MR) is 102 cm³/mol. The number of rotatable bonds is 6. The van der Waals surface area contributed by atoms with Crippen LogP contribution in [0.5, 0.6) is 0 Å². The van der Waals surface area contributed by atoms with Crippen LogP contribution >= 0.6 is 23.2 Å². The minimum Gasteiger partial charge on any atom is -0.359 e. The molecule has 1 amide bonds. The van der Waals surface area contributed by atoms with E-state index in [-0.39, 0.29) is 11.9 Å². The number of guanidine groups is 1. The Kier molecular flexibility index (Phi) is 7.84. The lowest BCUT2D eigenvalue weighted by Gasteiger charge is -2.22. The number of hydrogen-bond acceptors (Lipinski definition) is 2. The van der Waals surface area contributed by atoms with Gasteiger partial charge in [0.15, 0.2) is 5.96 Å². The number of aliphatic imine (C=N–C) groups is 1. The second kappa shape index (κ2) is 9.14. The minimum absolute atomic E-state index is 0.0133. The molecule has 1 rings (SSSR count). The largest absolute Gasteiger partial charge is 0.359 e. The average Bonchev–Trinajstić information content (AvgIpc) is 2.54. The van der Waals surface area contributed by atoms with Crippen LogP contribution in [0, 0.1) is 5.41 Å². The molecule has 0 fully saturated rings. The van der Waals surface area contributed by atoms with E-state index in [0.29, 0.717) is 22.5 Å². The van der Waals surface area contributed by atoms with E-state index >= 15 is 0 Å². The highest BCUT2D eigenvalue weighted by Crippen LogP contribution is 2.25. The van der Waals surface area contributed by atoms with Gasteiger partial charge in [-0.2, -0.15) is 0 Å². The number of halogens is 2. The Morgan fingerprint density at radius 1 is 1.29 bits per heavy atom. The normalized spacial score (nSPS) is 13.4. The van der Waals surface area contributed by atoms with Gasteiger partial charge >= 0.3 is 0 Å². The zero-order valence-electron chi connectivity index (χ0n) is 14.8. The molecule has 0 aromatic heterocycles. The average molecular weight is 373 g/mol. The summed E-state index contributed by atoms with van der Waals surface area (Å²) >= 11 is 12.0. The van der Waals surface area contributed by atoms with Gasteiger partial charge in [0.05, 0.1) is 28.0 Å². The van der Waals surface area contributed by atoms with Crippen molar-refractivity contribution >= 4 is 35.1 Å². The molecule has 0 spiro atoms. The van der Waals surface area contributed by atoms with Crippen molar-refractivity contribution in [3.63, 3.8) is 0 Å². The van der Waals surface area contributed by atoms with Gasteiger partial charge in [0.25, 0.3) is 0 Å². The molecule has 134 valence electrons. The third-order valence-corrected chi connectivity index (χ3v) is 4.35. The molecule has 1 aromatic rings. The molecule has 0 saturated heterocycles. The maximum atomic E-state index is 11.9. The molecule has 1 atom stereocenters. The Morgan fingerprint density at radius 3 is 2.50 bits per heavy atom. The van der Waals surface area contributed by atoms with Crippen LogP contribution in [-0.4, -0.2) is 32.0 Å². The van der Waals surface area contributed by atoms with Crippen molar-refractivity contribution in [2.24, 2.45) is 10.4 Å². The van der Waals surface area contributed by atoms with E-state index in [2.05, 4.69) is 20.9 Å². The van der Waals surface area contributed by atoms with Crippen molar-refractivity contribution in [1.82, 2.24) is 16.0 Å². The highest BCUT2D eigenvalue weighted by molar-refractivity contribution is 6.42. The topological polar surface area (TPSA) is 65.5 Å². The van der Waals surface area contributed by atoms with Crippen molar-refractivity contribution in [3.05, 3.63) is 33.8 Å². The summed E-state index contributed by atoms with van der Waals surface area (Å²) in [5, 5.41) is 10.2. The first-order valence-electron chi connectivity index (χ1n) is 7.93. The van der Waals surface area contributed by atoms with Gasteiger partial charge in [-0.05, 0) is 45.4 Å². The molecule has 5 nitrogen and oxygen atoms in total. The van der Waals surface area contributed by atoms with Gasteiger partial charge in [-0.1, -0.05) is 29.3 Å². The molecule has 1 aromatic carbocycles. The second-order valence-electron chi connectivity index (χ2n) is 6.20. The van der Waals surface area contributed by atoms with Gasteiger partial charge in [-0.25, -0.2) is 0 Å². The summed E-state index contributed by atoms with van der Waals surface area (Å²) in [6.07, 6.45) is 0. The number of benzene rings is 1. The van der Waals surface area contributed by atoms with E-state index in [9.17, 15) is 4.79 Å². The lowest BCUT2D eigenvalue weighted by atomic mass is 9.93. The highest BCUT2D eigenvalue weighted by atomic mass is 35.5. The van der Waals surface area contributed by atoms with Crippen LogP contribution in [-0.2, 0) is 4.79 Å². The van der Waals surface area contributed by atoms with Crippen LogP contribution < -0.4 is 16.0 Å². The van der Waals surface area contributed by atoms with Crippen LogP contribution in [0.3, 0.4) is 0 Å². The molecule has 0 heterocycles. The van der Waals surface area contributed by atoms with Gasteiger partial charge in [0.2, 0.25) is 5.91 Å². The molecular weight excluding hydrogens is 347 g/mol. The monoisotopic (exact) mass is 372 g/mol. The molecule has 0 radical (unpaired) electrons. The minimum atomic E-state index is -0.579. The predicted octanol–water partition coefficient (Wildman–Crippen LogP) is 3.38. The van der Waals surface area contributed by atoms with E-state index in [0.717, 1.165) is 12.1 Å². The molecule has 3 N–H and O–H groups in total. The van der Waals surface area contributed by atoms with E-state index in [1.54, 1.807) is 13.1 Å². The number of amides is 1. The summed E-state index contributed by atoms with van der Waals surface area (Å²) in [6.45, 7) is 8.82. The van der Waals surface area contributed by atoms with Crippen molar-refractivity contribution < 1.29 is 4.79 Å². The van der Waals surface area contributed by atoms with Crippen LogP contribution in [0.1, 0.15) is 39.3 Å². The Morgan fingerprint density at radius 2 is 1.96 bits per heavy atom. The van der Waals surface area contributed by atoms with Gasteiger partial charge < -0.3 is 16.0 Å². The summed E-state index contributed by atoms with van der Waals surface area (Å²) in [5.74, 6) is 0.604. The SMILES string of the molecule is CCNC(=NCC(C)(C)C(=O)NC)NC(C)c1ccc(Cl)c(Cl)c1. The molecule has 0 aliphatic heterocycles. The van der Waals surface area contributed by atoms with Crippen molar-refractivity contribution in [3.8, 4) is 0 Å². The molecule has 24 heavy (non-hydrogen) atoms. The zero-order chi connectivity index (χ0) is 18.3. The molecular formula is C17H26Cl2N4O. The Balaban J connectivity index is 2.86. The standard InChI is InChI=1S/C17H26Cl2N4O/c1-6-21-16(22-10-17(3,4)15(24)20-5)23-11(2)12-7-8-13(18)14(19)9-12/h7-9,11H,6,10H2,1-5H3,(H,20,24)(H2,21,22,23). The van der Waals surface area contributed by atoms with E-state index in [1.165, 1.54) is 0 Å². The summed E-state index contributed by atoms with van der Waals surface area (Å²) in [7, 11) is 1.63. The van der Waals surface area contributed by atoms with Gasteiger partial charge in [-0.15, -0.1) is 0 Å². The van der Waals surface area contributed by atoms with Crippen LogP contribution in [0.15, 0.2) is 23.2 Å². The van der Waals surface area contributed by atoms with Crippen molar-refractivity contribution in [2.75, 3.05) is 20.1 Å². The number of hydrogen-bond donors (Lipinski definition) is 3. The summed E-state index contributed by atoms with van der Waals surface area (Å²) in [6, 6.07) is 5.51. The van der Waals surface area contributed by atoms with Gasteiger partial charge in [0, 0.05) is 13.6 Å². The maximum Gasteiger partial charge on any atom is 0.227 e. The molecule has 0 aliphatic rings. The fourth-order valence-corrected chi connectivity index (χ4v) is 2.38. The first-order chi connectivity index (χ1) is 11.2. The second-order valence-corrected chi connectivity index (χ2v) is 7.01. The summed E-state index contributed by atoms with van der Waals surface area (Å²) in [5.41, 5.74) is 0.421. The number of carbonyl (C=O) groups excluding carboxylic acids is 1. The van der Waals surface area contributed by atoms with Crippen molar-refractivity contribution in [1.29, 1.82) is 0 Å². The maximum absolute atomic E-state index is 11.9. The lowest BCUT2D eigenvalue weighted by Crippen LogP contribution is -2.41. The number of nitrogens with one attached hydrogen (secondary N) is 3. The number of nitrogens with zero attached hydrogens (tertiary/aromatic N) is 1. The molecule has 0 saturated carbocycles. The fourth-order valence-electron chi connectivity index (χ4n) is 2.08. The van der Waals surface area contributed by atoms with Gasteiger partial charge in [0.1, 0.15) is 0 Å². The summed E-state index contributed by atoms with van der Waals surface area (Å²) in [4.78, 5) is 16.4. The zero-order valence-corrected chi connectivity index (χ0v) is 16.3. The number of carbonyl (C=O) groups is 1. The fraction of sp³-hybridized carbons (Fsp3) is 0.529. The van der Waals surface area contributed by atoms with Crippen molar-refractivity contribution in [2.45, 2.75) is 33.7 Å². The van der Waals surface area contributed by atoms with Crippen LogP contribution in [0.25, 0.3) is 0 Å². The third kappa shape index (κ3) is 5.87. The first kappa shape index (κ1) is 20.6. The van der Waals surface area contributed by atoms with Gasteiger partial charge in [-0.3, -0.25) is 9.79 Å². The Bertz CT molecular complexity index is 602. The lowest BCUT2D eigenvalue weighted by molar-refractivity contribution is -0.128. The third-order valence-electron chi connectivity index (χ3n) is 3.62. The molecule has 0 aliphatic carbocycles. The highest BCUT2D eigenvalue weighted by Gasteiger charge is 2.26. The smallest absolute Gasteiger partial charge is 0.227 e. The quantitative estimate of drug-likeness (QED) is 0.529. The van der Waals surface area contributed by atoms with E-state index in [4.69, 9.17) is 23.2 Å². The Hall–Kier alpha value is -1.46. The van der Waals surface area contributed by atoms with Crippen LogP contribution in [0.2, 0.25) is 10.0 Å². The van der Waals surface area contributed by atoms with E-state index < -0.39 is 5.41 Å². The van der Waals surface area contributed by atoms with E-state index in [1.807, 2.05) is 39.8 Å². The first-order valence-corrected chi connectivity index (χ1v) is 8.68. The molecule has 7 heteroatoms. The summed E-state index contributed by atoms with van der Waals surface area (Å²) < 4.78 is 0. The molecule has 1 unspecified atom stereocenters.